The summed E-state index contributed by atoms with van der Waals surface area (Å²) in [4.78, 5) is 7.37. The van der Waals surface area contributed by atoms with Crippen LogP contribution in [0.4, 0.5) is 0 Å². The molecule has 0 saturated carbocycles. The number of aromatic amines is 1. The van der Waals surface area contributed by atoms with E-state index in [-0.39, 0.29) is 6.04 Å². The SMILES string of the molecule is CCOc1ccc(C(C)NCc2nc[nH]c2C)cc1. The Morgan fingerprint density at radius 2 is 2.05 bits per heavy atom. The molecule has 1 heterocycles. The van der Waals surface area contributed by atoms with Crippen LogP contribution in [0.2, 0.25) is 0 Å². The first-order valence-corrected chi connectivity index (χ1v) is 6.65. The van der Waals surface area contributed by atoms with Gasteiger partial charge in [0.25, 0.3) is 0 Å². The quantitative estimate of drug-likeness (QED) is 0.838. The Balaban J connectivity index is 1.92. The zero-order valence-electron chi connectivity index (χ0n) is 11.7. The van der Waals surface area contributed by atoms with E-state index in [1.807, 2.05) is 26.0 Å². The van der Waals surface area contributed by atoms with Crippen molar-refractivity contribution in [3.8, 4) is 5.75 Å². The molecule has 0 saturated heterocycles. The zero-order valence-corrected chi connectivity index (χ0v) is 11.7. The number of benzene rings is 1. The second kappa shape index (κ2) is 6.38. The summed E-state index contributed by atoms with van der Waals surface area (Å²) in [6.45, 7) is 7.64. The monoisotopic (exact) mass is 259 g/mol. The number of hydrogen-bond donors (Lipinski definition) is 2. The van der Waals surface area contributed by atoms with E-state index in [1.165, 1.54) is 5.56 Å². The maximum atomic E-state index is 5.44. The molecule has 2 N–H and O–H groups in total. The fourth-order valence-corrected chi connectivity index (χ4v) is 1.95. The summed E-state index contributed by atoms with van der Waals surface area (Å²) in [5.41, 5.74) is 3.43. The van der Waals surface area contributed by atoms with Crippen LogP contribution in [-0.4, -0.2) is 16.6 Å². The molecule has 0 spiro atoms. The molecular formula is C15H21N3O. The van der Waals surface area contributed by atoms with Gasteiger partial charge in [0.05, 0.1) is 18.6 Å². The van der Waals surface area contributed by atoms with Gasteiger partial charge in [0.1, 0.15) is 5.75 Å². The van der Waals surface area contributed by atoms with Crippen molar-refractivity contribution in [3.05, 3.63) is 47.5 Å². The average molecular weight is 259 g/mol. The fraction of sp³-hybridized carbons (Fsp3) is 0.400. The number of nitrogens with zero attached hydrogens (tertiary/aromatic N) is 1. The van der Waals surface area contributed by atoms with Gasteiger partial charge in [-0.1, -0.05) is 12.1 Å². The van der Waals surface area contributed by atoms with E-state index in [0.717, 1.165) is 23.7 Å². The third kappa shape index (κ3) is 3.58. The minimum Gasteiger partial charge on any atom is -0.494 e. The third-order valence-electron chi connectivity index (χ3n) is 3.20. The fourth-order valence-electron chi connectivity index (χ4n) is 1.95. The summed E-state index contributed by atoms with van der Waals surface area (Å²) >= 11 is 0. The Bertz CT molecular complexity index is 504. The lowest BCUT2D eigenvalue weighted by Crippen LogP contribution is -2.18. The maximum Gasteiger partial charge on any atom is 0.119 e. The number of aromatic nitrogens is 2. The molecule has 1 aromatic carbocycles. The van der Waals surface area contributed by atoms with Gasteiger partial charge in [-0.3, -0.25) is 0 Å². The zero-order chi connectivity index (χ0) is 13.7. The first kappa shape index (κ1) is 13.6. The number of hydrogen-bond acceptors (Lipinski definition) is 3. The number of H-pyrrole nitrogens is 1. The lowest BCUT2D eigenvalue weighted by Gasteiger charge is -2.14. The summed E-state index contributed by atoms with van der Waals surface area (Å²) in [6, 6.07) is 8.50. The summed E-state index contributed by atoms with van der Waals surface area (Å²) in [5.74, 6) is 0.918. The molecule has 1 atom stereocenters. The van der Waals surface area contributed by atoms with Crippen LogP contribution in [0.3, 0.4) is 0 Å². The molecule has 0 aliphatic rings. The van der Waals surface area contributed by atoms with Gasteiger partial charge >= 0.3 is 0 Å². The Morgan fingerprint density at radius 1 is 1.32 bits per heavy atom. The van der Waals surface area contributed by atoms with E-state index in [1.54, 1.807) is 6.33 Å². The molecule has 0 amide bonds. The molecular weight excluding hydrogens is 238 g/mol. The Labute approximate surface area is 114 Å². The third-order valence-corrected chi connectivity index (χ3v) is 3.20. The second-order valence-corrected chi connectivity index (χ2v) is 4.58. The lowest BCUT2D eigenvalue weighted by atomic mass is 10.1. The minimum atomic E-state index is 0.284. The summed E-state index contributed by atoms with van der Waals surface area (Å²) in [7, 11) is 0. The van der Waals surface area contributed by atoms with E-state index in [0.29, 0.717) is 6.61 Å². The first-order chi connectivity index (χ1) is 9.20. The highest BCUT2D eigenvalue weighted by molar-refractivity contribution is 5.29. The van der Waals surface area contributed by atoms with Gasteiger partial charge in [0.2, 0.25) is 0 Å². The van der Waals surface area contributed by atoms with E-state index < -0.39 is 0 Å². The highest BCUT2D eigenvalue weighted by Crippen LogP contribution is 2.18. The smallest absolute Gasteiger partial charge is 0.119 e. The molecule has 0 aliphatic heterocycles. The molecule has 0 bridgehead atoms. The van der Waals surface area contributed by atoms with Gasteiger partial charge in [-0.25, -0.2) is 4.98 Å². The molecule has 1 unspecified atom stereocenters. The van der Waals surface area contributed by atoms with E-state index >= 15 is 0 Å². The van der Waals surface area contributed by atoms with Crippen LogP contribution in [0.15, 0.2) is 30.6 Å². The number of imidazole rings is 1. The standard InChI is InChI=1S/C15H21N3O/c1-4-19-14-7-5-13(6-8-14)11(2)16-9-15-12(3)17-10-18-15/h5-8,10-11,16H,4,9H2,1-3H3,(H,17,18). The highest BCUT2D eigenvalue weighted by Gasteiger charge is 2.07. The maximum absolute atomic E-state index is 5.44. The van der Waals surface area contributed by atoms with Crippen LogP contribution < -0.4 is 10.1 Å². The summed E-state index contributed by atoms with van der Waals surface area (Å²) in [6.07, 6.45) is 1.73. The molecule has 19 heavy (non-hydrogen) atoms. The Hall–Kier alpha value is -1.81. The lowest BCUT2D eigenvalue weighted by molar-refractivity contribution is 0.340. The van der Waals surface area contributed by atoms with Crippen LogP contribution in [0, 0.1) is 6.92 Å². The molecule has 0 radical (unpaired) electrons. The number of ether oxygens (including phenoxy) is 1. The Morgan fingerprint density at radius 3 is 2.63 bits per heavy atom. The molecule has 2 rings (SSSR count). The minimum absolute atomic E-state index is 0.284. The summed E-state index contributed by atoms with van der Waals surface area (Å²) in [5, 5.41) is 3.47. The van der Waals surface area contributed by atoms with E-state index in [9.17, 15) is 0 Å². The normalized spacial score (nSPS) is 12.4. The van der Waals surface area contributed by atoms with Gasteiger partial charge in [0.15, 0.2) is 0 Å². The van der Waals surface area contributed by atoms with Gasteiger partial charge in [-0.15, -0.1) is 0 Å². The van der Waals surface area contributed by atoms with Crippen LogP contribution in [0.1, 0.15) is 36.8 Å². The average Bonchev–Trinajstić information content (AvgIpc) is 2.83. The predicted octanol–water partition coefficient (Wildman–Crippen LogP) is 2.97. The van der Waals surface area contributed by atoms with E-state index in [2.05, 4.69) is 34.3 Å². The van der Waals surface area contributed by atoms with Gasteiger partial charge in [0, 0.05) is 18.3 Å². The van der Waals surface area contributed by atoms with Crippen LogP contribution in [0.5, 0.6) is 5.75 Å². The topological polar surface area (TPSA) is 49.9 Å². The number of aryl methyl sites for hydroxylation is 1. The molecule has 4 heteroatoms. The second-order valence-electron chi connectivity index (χ2n) is 4.58. The van der Waals surface area contributed by atoms with Crippen molar-refractivity contribution in [2.45, 2.75) is 33.4 Å². The van der Waals surface area contributed by atoms with Crippen molar-refractivity contribution in [3.63, 3.8) is 0 Å². The number of rotatable bonds is 6. The predicted molar refractivity (Wildman–Crippen MR) is 76.2 cm³/mol. The van der Waals surface area contributed by atoms with Crippen LogP contribution in [-0.2, 0) is 6.54 Å². The van der Waals surface area contributed by atoms with Gasteiger partial charge in [-0.2, -0.15) is 0 Å². The largest absolute Gasteiger partial charge is 0.494 e. The van der Waals surface area contributed by atoms with Crippen molar-refractivity contribution in [2.24, 2.45) is 0 Å². The molecule has 0 aliphatic carbocycles. The molecule has 0 fully saturated rings. The molecule has 102 valence electrons. The van der Waals surface area contributed by atoms with Crippen LogP contribution >= 0.6 is 0 Å². The summed E-state index contributed by atoms with van der Waals surface area (Å²) < 4.78 is 5.44. The molecule has 1 aromatic heterocycles. The molecule has 4 nitrogen and oxygen atoms in total. The van der Waals surface area contributed by atoms with Gasteiger partial charge < -0.3 is 15.0 Å². The highest BCUT2D eigenvalue weighted by atomic mass is 16.5. The van der Waals surface area contributed by atoms with Gasteiger partial charge in [-0.05, 0) is 38.5 Å². The van der Waals surface area contributed by atoms with Crippen molar-refractivity contribution in [1.82, 2.24) is 15.3 Å². The first-order valence-electron chi connectivity index (χ1n) is 6.65. The number of nitrogens with one attached hydrogen (secondary N) is 2. The van der Waals surface area contributed by atoms with E-state index in [4.69, 9.17) is 4.74 Å². The van der Waals surface area contributed by atoms with Crippen molar-refractivity contribution in [2.75, 3.05) is 6.61 Å². The van der Waals surface area contributed by atoms with Crippen molar-refractivity contribution in [1.29, 1.82) is 0 Å². The Kier molecular flexibility index (Phi) is 4.58. The van der Waals surface area contributed by atoms with Crippen molar-refractivity contribution >= 4 is 0 Å². The van der Waals surface area contributed by atoms with Crippen LogP contribution in [0.25, 0.3) is 0 Å². The molecule has 2 aromatic rings. The van der Waals surface area contributed by atoms with Crippen molar-refractivity contribution < 1.29 is 4.74 Å².